The van der Waals surface area contributed by atoms with Gasteiger partial charge in [0.2, 0.25) is 6.08 Å². The fourth-order valence-electron chi connectivity index (χ4n) is 0.539. The Morgan fingerprint density at radius 3 is 1.06 bits per heavy atom. The molecule has 1 unspecified atom stereocenters. The Hall–Kier alpha value is -3.98. The van der Waals surface area contributed by atoms with Crippen LogP contribution in [0.3, 0.4) is 0 Å². The lowest BCUT2D eigenvalue weighted by atomic mass is 10.3. The first-order valence-electron chi connectivity index (χ1n) is 19.3. The highest BCUT2D eigenvalue weighted by molar-refractivity contribution is 7.85. The summed E-state index contributed by atoms with van der Waals surface area (Å²) >= 11 is 7.66. The third kappa shape index (κ3) is 1810. The van der Waals surface area contributed by atoms with Gasteiger partial charge in [-0.15, -0.1) is 37.8 Å². The lowest BCUT2D eigenvalue weighted by molar-refractivity contribution is -0.134. The van der Waals surface area contributed by atoms with Crippen molar-refractivity contribution >= 4 is 58.5 Å². The Labute approximate surface area is 402 Å². The molecule has 5 N–H and O–H groups in total. The molecule has 63 heavy (non-hydrogen) atoms. The average molecular weight is 959 g/mol. The maximum absolute atomic E-state index is 9.19. The number of allylic oxidation sites excluding steroid dienone is 10. The minimum absolute atomic E-state index is 0.634. The molecule has 1 atom stereocenters. The van der Waals surface area contributed by atoms with E-state index in [1.54, 1.807) is 26.3 Å². The predicted octanol–water partition coefficient (Wildman–Crippen LogP) is 12.5. The molecule has 1 heterocycles. The van der Waals surface area contributed by atoms with E-state index < -0.39 is 16.1 Å². The topological polar surface area (TPSA) is 209 Å². The Morgan fingerprint density at radius 1 is 0.889 bits per heavy atom. The van der Waals surface area contributed by atoms with Gasteiger partial charge in [-0.1, -0.05) is 80.5 Å². The van der Waals surface area contributed by atoms with Gasteiger partial charge in [-0.05, 0) is 128 Å². The Morgan fingerprint density at radius 2 is 1.06 bits per heavy atom. The number of hydrogen-bond acceptors (Lipinski definition) is 12. The van der Waals surface area contributed by atoms with Crippen molar-refractivity contribution < 1.29 is 42.3 Å². The SMILES string of the molecule is C#CC.C#CCC.C=C(C)C.C=CC.CC(=O)O.CC=C(C)C.CC=CC.CC=CC.CC=CCC.CC=O.CCC1CO1.CN.CN=C=O.CN=C=S.CO.CS.CS(=O)(=O)O. The summed E-state index contributed by atoms with van der Waals surface area (Å²) < 4.78 is 30.7. The van der Waals surface area contributed by atoms with Crippen molar-refractivity contribution in [1.82, 2.24) is 0 Å². The highest BCUT2D eigenvalue weighted by Gasteiger charge is 2.18. The van der Waals surface area contributed by atoms with Gasteiger partial charge in [-0.2, -0.15) is 21.0 Å². The van der Waals surface area contributed by atoms with E-state index >= 15 is 0 Å². The first kappa shape index (κ1) is 107. The zero-order chi connectivity index (χ0) is 55.0. The molecule has 1 saturated heterocycles. The van der Waals surface area contributed by atoms with Gasteiger partial charge in [0.05, 0.1) is 24.1 Å². The van der Waals surface area contributed by atoms with Crippen LogP contribution in [0.5, 0.6) is 0 Å². The number of isocyanates is 1. The summed E-state index contributed by atoms with van der Waals surface area (Å²) in [5.41, 5.74) is 7.05. The van der Waals surface area contributed by atoms with Crippen molar-refractivity contribution in [1.29, 1.82) is 0 Å². The van der Waals surface area contributed by atoms with E-state index in [2.05, 4.69) is 123 Å². The maximum Gasteiger partial charge on any atom is 0.300 e. The van der Waals surface area contributed by atoms with E-state index in [0.29, 0.717) is 12.4 Å². The number of aliphatic hydroxyl groups excluding tert-OH is 1. The summed E-state index contributed by atoms with van der Waals surface area (Å²) in [5.74, 6) is 3.85. The molecule has 0 amide bonds. The summed E-state index contributed by atoms with van der Waals surface area (Å²) in [7, 11) is 1.81. The standard InChI is InChI=1S/2C5H10.C4H8O.3C4H8.C4H6.C3H6.C3H4.C2H3NO.C2H3NS.C2H4O2.C2H4O.CH5N.CH4O3S.CH4O.CH4S/c1-4-5(2)3;1-3-5-4-2;1-2-4-3-5-4;1-4(2)3;3*1-3-4-2;2*1-3-2;2*1-3-2-4;1-2(3)4;1-2-3;1-2;1-5(2,3)4;2*1-2/h4H,1-3H3;3,5H,4H2,1-2H3;4H,2-3H2,1H3;1H2,2-3H3;2*3-4H,1-2H3;1H,4H2,2H3;3H,1H2,2H3;1H,2H3;2*1H3;1H3,(H,3,4);2H,1H3;2H2,1H3;1H3,(H,2,3,4);2*2H,1H3. The first-order valence-corrected chi connectivity index (χ1v) is 22.4. The van der Waals surface area contributed by atoms with Crippen LogP contribution in [0.2, 0.25) is 0 Å². The van der Waals surface area contributed by atoms with Gasteiger partial charge in [-0.25, -0.2) is 14.8 Å². The number of nitrogens with two attached hydrogens (primary N) is 1. The quantitative estimate of drug-likeness (QED) is 0.0202. The number of thiol groups is 1. The highest BCUT2D eigenvalue weighted by Crippen LogP contribution is 2.10. The number of hydrogen-bond donors (Lipinski definition) is 5. The van der Waals surface area contributed by atoms with E-state index in [9.17, 15) is 8.42 Å². The summed E-state index contributed by atoms with van der Waals surface area (Å²) in [4.78, 5) is 32.9. The van der Waals surface area contributed by atoms with Crippen LogP contribution in [0.25, 0.3) is 0 Å². The fourth-order valence-corrected chi connectivity index (χ4v) is 0.539. The Bertz CT molecular complexity index is 1100. The van der Waals surface area contributed by atoms with Crippen LogP contribution in [0.4, 0.5) is 0 Å². The van der Waals surface area contributed by atoms with Gasteiger partial charge >= 0.3 is 0 Å². The number of terminal acetylenes is 2. The number of aldehydes is 1. The molecule has 1 fully saturated rings. The second-order valence-corrected chi connectivity index (χ2v) is 11.3. The number of carboxylic acid groups (broad SMARTS) is 1. The summed E-state index contributed by atoms with van der Waals surface area (Å²) in [6.07, 6.45) is 33.7. The van der Waals surface area contributed by atoms with Crippen LogP contribution in [0, 0.1) is 24.7 Å². The number of isothiocyanates is 1. The van der Waals surface area contributed by atoms with Gasteiger partial charge in [0.15, 0.2) is 0 Å². The van der Waals surface area contributed by atoms with Gasteiger partial charge < -0.3 is 25.5 Å². The number of aliphatic imine (C=N–C) groups is 2. The molecule has 1 aliphatic rings. The molecular weight excluding hydrogens is 859 g/mol. The van der Waals surface area contributed by atoms with E-state index in [1.807, 2.05) is 93.5 Å². The molecule has 15 heteroatoms. The molecule has 0 aromatic rings. The number of epoxide rings is 1. The van der Waals surface area contributed by atoms with E-state index in [4.69, 9.17) is 40.3 Å². The number of aliphatic carboxylic acids is 1. The van der Waals surface area contributed by atoms with Crippen molar-refractivity contribution in [3.63, 3.8) is 0 Å². The van der Waals surface area contributed by atoms with Crippen molar-refractivity contribution in [2.24, 2.45) is 15.7 Å². The minimum Gasteiger partial charge on any atom is -0.481 e. The number of carboxylic acids is 1. The number of ether oxygens (including phenoxy) is 1. The summed E-state index contributed by atoms with van der Waals surface area (Å²) in [6, 6.07) is 0. The molecule has 0 bridgehead atoms. The van der Waals surface area contributed by atoms with Crippen LogP contribution in [0.1, 0.15) is 137 Å². The zero-order valence-corrected chi connectivity index (χ0v) is 46.7. The third-order valence-corrected chi connectivity index (χ3v) is 3.14. The monoisotopic (exact) mass is 958 g/mol. The van der Waals surface area contributed by atoms with Gasteiger partial charge in [0.25, 0.3) is 16.1 Å². The molecule has 12 nitrogen and oxygen atoms in total. The molecule has 0 aromatic carbocycles. The lowest BCUT2D eigenvalue weighted by Gasteiger charge is -1.74. The van der Waals surface area contributed by atoms with Crippen LogP contribution in [0.15, 0.2) is 82.9 Å². The molecule has 0 spiro atoms. The van der Waals surface area contributed by atoms with Crippen molar-refractivity contribution in [2.45, 2.75) is 143 Å². The van der Waals surface area contributed by atoms with Crippen LogP contribution in [-0.2, 0) is 29.2 Å². The molecular formula is C48H99N3O9S3. The smallest absolute Gasteiger partial charge is 0.300 e. The number of carbonyl (C=O) groups is 2. The number of carbonyl (C=O) groups excluding carboxylic acids is 2. The number of thiocarbonyl (C=S) groups is 1. The van der Waals surface area contributed by atoms with Gasteiger partial charge in [0, 0.05) is 34.5 Å². The van der Waals surface area contributed by atoms with Gasteiger partial charge in [-0.3, -0.25) is 9.35 Å². The van der Waals surface area contributed by atoms with Crippen molar-refractivity contribution in [3.05, 3.63) is 72.9 Å². The maximum atomic E-state index is 9.19. The van der Waals surface area contributed by atoms with E-state index in [0.717, 1.165) is 39.8 Å². The van der Waals surface area contributed by atoms with E-state index in [-0.39, 0.29) is 0 Å². The van der Waals surface area contributed by atoms with Crippen LogP contribution < -0.4 is 5.73 Å². The largest absolute Gasteiger partial charge is 0.481 e. The van der Waals surface area contributed by atoms with Crippen molar-refractivity contribution in [2.75, 3.05) is 47.4 Å². The molecule has 0 saturated carbocycles. The number of nitrogens with zero attached hydrogens (tertiary/aromatic N) is 2. The second kappa shape index (κ2) is 163. The summed E-state index contributed by atoms with van der Waals surface area (Å²) in [6.45, 7) is 40.4. The molecule has 1 aliphatic heterocycles. The Kier molecular flexibility index (Phi) is 278. The Balaban J connectivity index is -0.0000000268. The lowest BCUT2D eigenvalue weighted by Crippen LogP contribution is -1.88. The number of rotatable bonds is 2. The molecule has 0 aliphatic carbocycles. The normalized spacial score (nSPS) is 8.68. The second-order valence-electron chi connectivity index (χ2n) is 9.62. The van der Waals surface area contributed by atoms with Crippen molar-refractivity contribution in [3.8, 4) is 24.7 Å². The molecule has 1 rings (SSSR count). The average Bonchev–Trinajstić information content (AvgIpc) is 4.09. The highest BCUT2D eigenvalue weighted by atomic mass is 32.2. The predicted molar refractivity (Wildman–Crippen MR) is 292 cm³/mol. The molecule has 0 radical (unpaired) electrons. The van der Waals surface area contributed by atoms with Gasteiger partial charge in [0.1, 0.15) is 6.29 Å². The molecule has 0 aromatic heterocycles. The third-order valence-electron chi connectivity index (χ3n) is 2.96. The summed E-state index contributed by atoms with van der Waals surface area (Å²) in [5, 5.41) is 16.6. The zero-order valence-electron chi connectivity index (χ0n) is 44.2. The fraction of sp³-hybridized carbons (Fsp3) is 0.583. The van der Waals surface area contributed by atoms with Crippen LogP contribution >= 0.6 is 24.8 Å². The minimum atomic E-state index is -3.67. The molecule has 378 valence electrons. The van der Waals surface area contributed by atoms with E-state index in [1.165, 1.54) is 44.7 Å². The first-order chi connectivity index (χ1) is 29.4. The number of aliphatic hydroxyl groups is 1. The van der Waals surface area contributed by atoms with Crippen LogP contribution in [-0.4, -0.2) is 100 Å².